The SMILES string of the molecule is CCOCOc1ccc(C)cc1C(=O)c1ccc(C(=O)O)cc1. The summed E-state index contributed by atoms with van der Waals surface area (Å²) in [6, 6.07) is 11.1. The summed E-state index contributed by atoms with van der Waals surface area (Å²) in [5, 5.41) is 8.91. The molecular formula is C18H18O5. The zero-order chi connectivity index (χ0) is 16.8. The maximum absolute atomic E-state index is 12.7. The minimum atomic E-state index is -1.03. The summed E-state index contributed by atoms with van der Waals surface area (Å²) >= 11 is 0. The van der Waals surface area contributed by atoms with Crippen LogP contribution in [0, 0.1) is 6.92 Å². The van der Waals surface area contributed by atoms with Crippen molar-refractivity contribution in [3.8, 4) is 5.75 Å². The maximum Gasteiger partial charge on any atom is 0.335 e. The number of ether oxygens (including phenoxy) is 2. The van der Waals surface area contributed by atoms with Crippen molar-refractivity contribution in [3.05, 3.63) is 64.7 Å². The first-order valence-electron chi connectivity index (χ1n) is 7.22. The fourth-order valence-electron chi connectivity index (χ4n) is 2.06. The molecule has 120 valence electrons. The Morgan fingerprint density at radius 2 is 1.70 bits per heavy atom. The molecule has 0 aliphatic rings. The smallest absolute Gasteiger partial charge is 0.335 e. The lowest BCUT2D eigenvalue weighted by atomic mass is 9.99. The molecule has 2 aromatic rings. The lowest BCUT2D eigenvalue weighted by Crippen LogP contribution is -2.09. The second-order valence-corrected chi connectivity index (χ2v) is 4.97. The normalized spacial score (nSPS) is 10.3. The number of aryl methyl sites for hydroxylation is 1. The Labute approximate surface area is 134 Å². The lowest BCUT2D eigenvalue weighted by Gasteiger charge is -2.11. The van der Waals surface area contributed by atoms with Gasteiger partial charge in [0.05, 0.1) is 11.1 Å². The van der Waals surface area contributed by atoms with E-state index in [0.717, 1.165) is 5.56 Å². The molecule has 0 spiro atoms. The van der Waals surface area contributed by atoms with Crippen molar-refractivity contribution in [2.75, 3.05) is 13.4 Å². The molecule has 0 fully saturated rings. The molecule has 2 rings (SSSR count). The molecule has 1 N–H and O–H groups in total. The van der Waals surface area contributed by atoms with Crippen LogP contribution in [0.25, 0.3) is 0 Å². The van der Waals surface area contributed by atoms with Gasteiger partial charge in [-0.2, -0.15) is 0 Å². The minimum absolute atomic E-state index is 0.0673. The van der Waals surface area contributed by atoms with Gasteiger partial charge in [-0.3, -0.25) is 4.79 Å². The second kappa shape index (κ2) is 7.56. The van der Waals surface area contributed by atoms with E-state index in [0.29, 0.717) is 23.5 Å². The summed E-state index contributed by atoms with van der Waals surface area (Å²) in [7, 11) is 0. The zero-order valence-corrected chi connectivity index (χ0v) is 13.0. The van der Waals surface area contributed by atoms with E-state index < -0.39 is 5.97 Å². The molecule has 0 heterocycles. The monoisotopic (exact) mass is 314 g/mol. The Bertz CT molecular complexity index is 704. The van der Waals surface area contributed by atoms with Gasteiger partial charge in [0, 0.05) is 12.2 Å². The van der Waals surface area contributed by atoms with Crippen LogP contribution in [0.1, 0.15) is 38.8 Å². The van der Waals surface area contributed by atoms with Crippen molar-refractivity contribution in [1.29, 1.82) is 0 Å². The molecule has 0 saturated carbocycles. The van der Waals surface area contributed by atoms with Crippen LogP contribution in [0.3, 0.4) is 0 Å². The van der Waals surface area contributed by atoms with E-state index >= 15 is 0 Å². The second-order valence-electron chi connectivity index (χ2n) is 4.97. The standard InChI is InChI=1S/C18H18O5/c1-3-22-11-23-16-9-4-12(2)10-15(16)17(19)13-5-7-14(8-6-13)18(20)21/h4-10H,3,11H2,1-2H3,(H,20,21). The molecular weight excluding hydrogens is 296 g/mol. The summed E-state index contributed by atoms with van der Waals surface area (Å²) in [5.74, 6) is -0.811. The van der Waals surface area contributed by atoms with Crippen molar-refractivity contribution >= 4 is 11.8 Å². The summed E-state index contributed by atoms with van der Waals surface area (Å²) in [5.41, 5.74) is 1.90. The first-order valence-corrected chi connectivity index (χ1v) is 7.22. The van der Waals surface area contributed by atoms with Crippen LogP contribution >= 0.6 is 0 Å². The quantitative estimate of drug-likeness (QED) is 0.482. The molecule has 5 heteroatoms. The lowest BCUT2D eigenvalue weighted by molar-refractivity contribution is 0.0219. The van der Waals surface area contributed by atoms with Gasteiger partial charge in [-0.1, -0.05) is 23.8 Å². The number of carboxylic acids is 1. The molecule has 0 aromatic heterocycles. The van der Waals surface area contributed by atoms with Gasteiger partial charge in [-0.25, -0.2) is 4.79 Å². The molecule has 0 saturated heterocycles. The van der Waals surface area contributed by atoms with Crippen LogP contribution in [0.2, 0.25) is 0 Å². The molecule has 0 atom stereocenters. The highest BCUT2D eigenvalue weighted by Gasteiger charge is 2.16. The molecule has 2 aromatic carbocycles. The average Bonchev–Trinajstić information content (AvgIpc) is 2.55. The summed E-state index contributed by atoms with van der Waals surface area (Å²) in [6.45, 7) is 4.33. The zero-order valence-electron chi connectivity index (χ0n) is 13.0. The highest BCUT2D eigenvalue weighted by Crippen LogP contribution is 2.23. The van der Waals surface area contributed by atoms with Gasteiger partial charge in [0.15, 0.2) is 12.6 Å². The molecule has 0 aliphatic carbocycles. The Kier molecular flexibility index (Phi) is 5.49. The summed E-state index contributed by atoms with van der Waals surface area (Å²) < 4.78 is 10.7. The highest BCUT2D eigenvalue weighted by atomic mass is 16.7. The fraction of sp³-hybridized carbons (Fsp3) is 0.222. The van der Waals surface area contributed by atoms with Crippen LogP contribution in [0.15, 0.2) is 42.5 Å². The average molecular weight is 314 g/mol. The van der Waals surface area contributed by atoms with Crippen LogP contribution < -0.4 is 4.74 Å². The molecule has 0 aliphatic heterocycles. The predicted octanol–water partition coefficient (Wildman–Crippen LogP) is 3.30. The molecule has 0 bridgehead atoms. The van der Waals surface area contributed by atoms with Gasteiger partial charge in [0.1, 0.15) is 5.75 Å². The van der Waals surface area contributed by atoms with Crippen LogP contribution in [-0.4, -0.2) is 30.3 Å². The van der Waals surface area contributed by atoms with Gasteiger partial charge >= 0.3 is 5.97 Å². The van der Waals surface area contributed by atoms with Gasteiger partial charge in [0.25, 0.3) is 0 Å². The number of carboxylic acid groups (broad SMARTS) is 1. The third-order valence-electron chi connectivity index (χ3n) is 3.28. The van der Waals surface area contributed by atoms with Crippen LogP contribution in [-0.2, 0) is 4.74 Å². The Balaban J connectivity index is 2.30. The van der Waals surface area contributed by atoms with E-state index in [1.807, 2.05) is 19.9 Å². The molecule has 23 heavy (non-hydrogen) atoms. The molecule has 5 nitrogen and oxygen atoms in total. The number of ketones is 1. The summed E-state index contributed by atoms with van der Waals surface area (Å²) in [6.07, 6.45) is 0. The van der Waals surface area contributed by atoms with Crippen molar-refractivity contribution in [3.63, 3.8) is 0 Å². The van der Waals surface area contributed by atoms with Crippen LogP contribution in [0.4, 0.5) is 0 Å². The Hall–Kier alpha value is -2.66. The van der Waals surface area contributed by atoms with E-state index in [1.54, 1.807) is 12.1 Å². The number of aromatic carboxylic acids is 1. The van der Waals surface area contributed by atoms with Crippen molar-refractivity contribution in [1.82, 2.24) is 0 Å². The third kappa shape index (κ3) is 4.17. The Morgan fingerprint density at radius 3 is 2.30 bits per heavy atom. The number of hydrogen-bond acceptors (Lipinski definition) is 4. The minimum Gasteiger partial charge on any atom is -0.478 e. The van der Waals surface area contributed by atoms with Crippen molar-refractivity contribution in [2.45, 2.75) is 13.8 Å². The number of rotatable bonds is 7. The van der Waals surface area contributed by atoms with E-state index in [1.165, 1.54) is 24.3 Å². The van der Waals surface area contributed by atoms with Crippen LogP contribution in [0.5, 0.6) is 5.75 Å². The molecule has 0 amide bonds. The van der Waals surface area contributed by atoms with E-state index in [-0.39, 0.29) is 18.1 Å². The van der Waals surface area contributed by atoms with Gasteiger partial charge in [-0.15, -0.1) is 0 Å². The van der Waals surface area contributed by atoms with E-state index in [4.69, 9.17) is 14.6 Å². The van der Waals surface area contributed by atoms with Gasteiger partial charge in [0.2, 0.25) is 0 Å². The number of benzene rings is 2. The number of carbonyl (C=O) groups excluding carboxylic acids is 1. The summed E-state index contributed by atoms with van der Waals surface area (Å²) in [4.78, 5) is 23.5. The largest absolute Gasteiger partial charge is 0.478 e. The van der Waals surface area contributed by atoms with E-state index in [2.05, 4.69) is 0 Å². The Morgan fingerprint density at radius 1 is 1.04 bits per heavy atom. The topological polar surface area (TPSA) is 72.8 Å². The third-order valence-corrected chi connectivity index (χ3v) is 3.28. The number of hydrogen-bond donors (Lipinski definition) is 1. The molecule has 0 unspecified atom stereocenters. The molecule has 0 radical (unpaired) electrons. The van der Waals surface area contributed by atoms with Gasteiger partial charge < -0.3 is 14.6 Å². The first kappa shape index (κ1) is 16.7. The van der Waals surface area contributed by atoms with Crippen molar-refractivity contribution < 1.29 is 24.2 Å². The van der Waals surface area contributed by atoms with Crippen molar-refractivity contribution in [2.24, 2.45) is 0 Å². The fourth-order valence-corrected chi connectivity index (χ4v) is 2.06. The maximum atomic E-state index is 12.7. The highest BCUT2D eigenvalue weighted by molar-refractivity contribution is 6.11. The first-order chi connectivity index (χ1) is 11.0. The predicted molar refractivity (Wildman–Crippen MR) is 85.1 cm³/mol. The van der Waals surface area contributed by atoms with Gasteiger partial charge in [-0.05, 0) is 38.1 Å². The number of carbonyl (C=O) groups is 2. The van der Waals surface area contributed by atoms with E-state index in [9.17, 15) is 9.59 Å².